The first-order valence-electron chi connectivity index (χ1n) is 5.50. The number of nitriles is 1. The van der Waals surface area contributed by atoms with Crippen LogP contribution in [0.5, 0.6) is 0 Å². The highest BCUT2D eigenvalue weighted by Crippen LogP contribution is 2.29. The summed E-state index contributed by atoms with van der Waals surface area (Å²) in [4.78, 5) is -0.453. The van der Waals surface area contributed by atoms with Gasteiger partial charge in [-0.3, -0.25) is 0 Å². The maximum Gasteiger partial charge on any atom is 0.201 e. The first-order chi connectivity index (χ1) is 9.07. The fourth-order valence-electron chi connectivity index (χ4n) is 1.75. The first kappa shape index (κ1) is 13.2. The summed E-state index contributed by atoms with van der Waals surface area (Å²) in [6.07, 6.45) is 0. The van der Waals surface area contributed by atoms with Gasteiger partial charge in [0, 0.05) is 0 Å². The first-order valence-corrected chi connectivity index (χ1v) is 7.05. The Bertz CT molecular complexity index is 721. The molecular formula is C14H10FNO2S. The number of benzene rings is 2. The summed E-state index contributed by atoms with van der Waals surface area (Å²) in [5, 5.41) is 7.70. The van der Waals surface area contributed by atoms with E-state index in [0.717, 1.165) is 12.1 Å². The monoisotopic (exact) mass is 275 g/mol. The number of hydrogen-bond acceptors (Lipinski definition) is 3. The predicted molar refractivity (Wildman–Crippen MR) is 68.4 cm³/mol. The molecule has 19 heavy (non-hydrogen) atoms. The zero-order valence-electron chi connectivity index (χ0n) is 9.82. The van der Waals surface area contributed by atoms with Gasteiger partial charge < -0.3 is 0 Å². The number of sulfone groups is 1. The molecule has 1 unspecified atom stereocenters. The third-order valence-corrected chi connectivity index (χ3v) is 4.62. The molecule has 0 N–H and O–H groups in total. The highest BCUT2D eigenvalue weighted by atomic mass is 32.2. The van der Waals surface area contributed by atoms with Gasteiger partial charge in [0.05, 0.1) is 6.07 Å². The zero-order chi connectivity index (χ0) is 13.9. The molecule has 1 atom stereocenters. The minimum absolute atomic E-state index is 0.327. The standard InChI is InChI=1S/C14H10FNO2S/c15-12-8-4-5-9-13(12)19(17,18)14(10-16)11-6-2-1-3-7-11/h1-9,14H. The van der Waals surface area contributed by atoms with Crippen molar-refractivity contribution in [3.8, 4) is 6.07 Å². The van der Waals surface area contributed by atoms with Crippen molar-refractivity contribution in [2.45, 2.75) is 10.1 Å². The molecule has 0 bridgehead atoms. The lowest BCUT2D eigenvalue weighted by Crippen LogP contribution is -2.13. The lowest BCUT2D eigenvalue weighted by molar-refractivity contribution is 0.563. The Morgan fingerprint density at radius 1 is 1.00 bits per heavy atom. The van der Waals surface area contributed by atoms with Crippen LogP contribution in [0.2, 0.25) is 0 Å². The molecule has 2 aromatic rings. The molecule has 0 fully saturated rings. The van der Waals surface area contributed by atoms with Crippen LogP contribution in [-0.4, -0.2) is 8.42 Å². The van der Waals surface area contributed by atoms with Crippen molar-refractivity contribution in [2.24, 2.45) is 0 Å². The van der Waals surface area contributed by atoms with E-state index in [1.807, 2.05) is 0 Å². The third kappa shape index (κ3) is 2.49. The van der Waals surface area contributed by atoms with Crippen molar-refractivity contribution < 1.29 is 12.8 Å². The zero-order valence-corrected chi connectivity index (χ0v) is 10.6. The van der Waals surface area contributed by atoms with Crippen molar-refractivity contribution in [1.29, 1.82) is 5.26 Å². The van der Waals surface area contributed by atoms with Gasteiger partial charge in [-0.05, 0) is 17.7 Å². The number of hydrogen-bond donors (Lipinski definition) is 0. The molecule has 2 aromatic carbocycles. The Balaban J connectivity index is 2.56. The van der Waals surface area contributed by atoms with Gasteiger partial charge in [0.2, 0.25) is 9.84 Å². The van der Waals surface area contributed by atoms with Crippen LogP contribution in [-0.2, 0) is 9.84 Å². The summed E-state index contributed by atoms with van der Waals surface area (Å²) in [6, 6.07) is 14.8. The van der Waals surface area contributed by atoms with Crippen molar-refractivity contribution >= 4 is 9.84 Å². The fourth-order valence-corrected chi connectivity index (χ4v) is 3.27. The van der Waals surface area contributed by atoms with Gasteiger partial charge in [0.15, 0.2) is 5.25 Å². The Labute approximate surface area is 110 Å². The summed E-state index contributed by atoms with van der Waals surface area (Å²) in [5.41, 5.74) is 0.327. The lowest BCUT2D eigenvalue weighted by Gasteiger charge is -2.11. The number of rotatable bonds is 3. The second kappa shape index (κ2) is 5.21. The molecule has 3 nitrogen and oxygen atoms in total. The molecule has 96 valence electrons. The molecule has 0 saturated carbocycles. The van der Waals surface area contributed by atoms with Gasteiger partial charge in [-0.15, -0.1) is 0 Å². The highest BCUT2D eigenvalue weighted by Gasteiger charge is 2.31. The Kier molecular flexibility index (Phi) is 3.63. The van der Waals surface area contributed by atoms with E-state index in [1.165, 1.54) is 24.3 Å². The minimum Gasteiger partial charge on any atom is -0.222 e. The third-order valence-electron chi connectivity index (χ3n) is 2.67. The Morgan fingerprint density at radius 2 is 1.58 bits per heavy atom. The van der Waals surface area contributed by atoms with Gasteiger partial charge in [-0.25, -0.2) is 12.8 Å². The van der Waals surface area contributed by atoms with Gasteiger partial charge in [0.1, 0.15) is 10.7 Å². The van der Waals surface area contributed by atoms with E-state index < -0.39 is 25.8 Å². The van der Waals surface area contributed by atoms with Crippen molar-refractivity contribution in [3.05, 3.63) is 66.0 Å². The van der Waals surface area contributed by atoms with Crippen LogP contribution in [0.15, 0.2) is 59.5 Å². The smallest absolute Gasteiger partial charge is 0.201 e. The molecule has 0 aliphatic heterocycles. The lowest BCUT2D eigenvalue weighted by atomic mass is 10.2. The average Bonchev–Trinajstić information content (AvgIpc) is 2.40. The van der Waals surface area contributed by atoms with Gasteiger partial charge in [-0.1, -0.05) is 42.5 Å². The Hall–Kier alpha value is -2.19. The van der Waals surface area contributed by atoms with E-state index in [-0.39, 0.29) is 0 Å². The average molecular weight is 275 g/mol. The van der Waals surface area contributed by atoms with Crippen molar-refractivity contribution in [2.75, 3.05) is 0 Å². The summed E-state index contributed by atoms with van der Waals surface area (Å²) in [6.45, 7) is 0. The summed E-state index contributed by atoms with van der Waals surface area (Å²) in [5.74, 6) is -0.848. The molecule has 0 aromatic heterocycles. The van der Waals surface area contributed by atoms with Crippen LogP contribution < -0.4 is 0 Å². The topological polar surface area (TPSA) is 57.9 Å². The van der Waals surface area contributed by atoms with E-state index >= 15 is 0 Å². The van der Waals surface area contributed by atoms with E-state index in [1.54, 1.807) is 24.3 Å². The highest BCUT2D eigenvalue weighted by molar-refractivity contribution is 7.92. The van der Waals surface area contributed by atoms with Crippen molar-refractivity contribution in [1.82, 2.24) is 0 Å². The SMILES string of the molecule is N#CC(c1ccccc1)S(=O)(=O)c1ccccc1F. The van der Waals surface area contributed by atoms with Crippen LogP contribution in [0, 0.1) is 17.1 Å². The normalized spacial score (nSPS) is 12.6. The minimum atomic E-state index is -4.07. The van der Waals surface area contributed by atoms with Gasteiger partial charge >= 0.3 is 0 Å². The maximum absolute atomic E-state index is 13.6. The molecule has 0 aliphatic carbocycles. The molecule has 5 heteroatoms. The van der Waals surface area contributed by atoms with Gasteiger partial charge in [-0.2, -0.15) is 5.26 Å². The predicted octanol–water partition coefficient (Wildman–Crippen LogP) is 2.86. The molecule has 0 spiro atoms. The summed E-state index contributed by atoms with van der Waals surface area (Å²) >= 11 is 0. The Morgan fingerprint density at radius 3 is 2.16 bits per heavy atom. The van der Waals surface area contributed by atoms with E-state index in [9.17, 15) is 12.8 Å². The molecule has 0 heterocycles. The van der Waals surface area contributed by atoms with E-state index in [2.05, 4.69) is 0 Å². The van der Waals surface area contributed by atoms with Crippen LogP contribution >= 0.6 is 0 Å². The van der Waals surface area contributed by atoms with Crippen LogP contribution in [0.4, 0.5) is 4.39 Å². The van der Waals surface area contributed by atoms with E-state index in [4.69, 9.17) is 5.26 Å². The summed E-state index contributed by atoms with van der Waals surface area (Å²) in [7, 11) is -4.07. The number of nitrogens with zero attached hydrogens (tertiary/aromatic N) is 1. The molecule has 0 radical (unpaired) electrons. The molecule has 0 aliphatic rings. The van der Waals surface area contributed by atoms with Crippen LogP contribution in [0.3, 0.4) is 0 Å². The quantitative estimate of drug-likeness (QED) is 0.865. The van der Waals surface area contributed by atoms with Crippen molar-refractivity contribution in [3.63, 3.8) is 0 Å². The second-order valence-corrected chi connectivity index (χ2v) is 5.90. The van der Waals surface area contributed by atoms with Crippen LogP contribution in [0.25, 0.3) is 0 Å². The van der Waals surface area contributed by atoms with Crippen LogP contribution in [0.1, 0.15) is 10.8 Å². The molecular weight excluding hydrogens is 265 g/mol. The van der Waals surface area contributed by atoms with Gasteiger partial charge in [0.25, 0.3) is 0 Å². The number of halogens is 1. The van der Waals surface area contributed by atoms with E-state index in [0.29, 0.717) is 5.56 Å². The fraction of sp³-hybridized carbons (Fsp3) is 0.0714. The maximum atomic E-state index is 13.6. The molecule has 2 rings (SSSR count). The molecule has 0 amide bonds. The second-order valence-electron chi connectivity index (χ2n) is 3.90. The molecule has 0 saturated heterocycles. The summed E-state index contributed by atoms with van der Waals surface area (Å²) < 4.78 is 38.3. The largest absolute Gasteiger partial charge is 0.222 e.